The average molecular weight is 1030 g/mol. The third-order valence-corrected chi connectivity index (χ3v) is 15.8. The summed E-state index contributed by atoms with van der Waals surface area (Å²) in [5.41, 5.74) is 0. The van der Waals surface area contributed by atoms with Gasteiger partial charge in [0, 0.05) is 0 Å². The van der Waals surface area contributed by atoms with Gasteiger partial charge >= 0.3 is 0 Å². The lowest BCUT2D eigenvalue weighted by atomic mass is 9.99. The average Bonchev–Trinajstić information content (AvgIpc) is 3.38. The molecule has 1 aliphatic heterocycles. The SMILES string of the molecule is CCCCCCCCCCCCCCCCCCCCCCCCCCCCCCCCCCC(O)C(=O)NC(COC1OC(CO)C(O)C(O)C1O)C(O)CCCCCCCCCCCCCCCCC. The molecule has 1 saturated heterocycles. The van der Waals surface area contributed by atoms with Crippen LogP contribution in [0.1, 0.15) is 328 Å². The van der Waals surface area contributed by atoms with Crippen LogP contribution in [0, 0.1) is 0 Å². The summed E-state index contributed by atoms with van der Waals surface area (Å²) < 4.78 is 11.3. The maximum absolute atomic E-state index is 13.2. The third kappa shape index (κ3) is 40.4. The Labute approximate surface area is 445 Å². The monoisotopic (exact) mass is 1030 g/mol. The van der Waals surface area contributed by atoms with Gasteiger partial charge in [0.15, 0.2) is 6.29 Å². The number of aliphatic hydroxyl groups excluding tert-OH is 6. The van der Waals surface area contributed by atoms with Gasteiger partial charge in [0.05, 0.1) is 25.4 Å². The summed E-state index contributed by atoms with van der Waals surface area (Å²) in [5.74, 6) is -0.575. The Morgan fingerprint density at radius 1 is 0.417 bits per heavy atom. The van der Waals surface area contributed by atoms with Crippen molar-refractivity contribution in [2.45, 2.75) is 377 Å². The standard InChI is InChI=1S/C62H123NO9/c1-3-5-7-9-11-13-15-17-19-20-21-22-23-24-25-26-27-28-29-30-31-32-33-34-35-37-39-41-43-45-47-49-51-56(66)61(70)63-54(53-71-62-60(69)59(68)58(67)57(52-64)72-62)55(65)50-48-46-44-42-40-38-36-18-16-14-12-10-8-6-4-2/h54-60,62,64-69H,3-53H2,1-2H3,(H,63,70). The van der Waals surface area contributed by atoms with E-state index in [-0.39, 0.29) is 6.61 Å². The number of rotatable bonds is 56. The fraction of sp³-hybridized carbons (Fsp3) is 0.984. The summed E-state index contributed by atoms with van der Waals surface area (Å²) in [4.78, 5) is 13.2. The number of aliphatic hydroxyl groups is 6. The van der Waals surface area contributed by atoms with Crippen LogP contribution in [0.5, 0.6) is 0 Å². The van der Waals surface area contributed by atoms with Gasteiger partial charge in [-0.3, -0.25) is 4.79 Å². The van der Waals surface area contributed by atoms with E-state index >= 15 is 0 Å². The Balaban J connectivity index is 2.11. The van der Waals surface area contributed by atoms with Crippen LogP contribution in [0.2, 0.25) is 0 Å². The number of unbranched alkanes of at least 4 members (excludes halogenated alkanes) is 45. The molecule has 7 N–H and O–H groups in total. The molecule has 0 aromatic carbocycles. The first-order valence-electron chi connectivity index (χ1n) is 31.8. The Kier molecular flexibility index (Phi) is 50.2. The highest BCUT2D eigenvalue weighted by atomic mass is 16.7. The Bertz CT molecular complexity index is 1110. The molecule has 430 valence electrons. The highest BCUT2D eigenvalue weighted by Gasteiger charge is 2.44. The summed E-state index contributed by atoms with van der Waals surface area (Å²) in [6.07, 6.45) is 53.4. The number of carbonyl (C=O) groups is 1. The Morgan fingerprint density at radius 3 is 0.986 bits per heavy atom. The predicted molar refractivity (Wildman–Crippen MR) is 301 cm³/mol. The van der Waals surface area contributed by atoms with Gasteiger partial charge in [-0.15, -0.1) is 0 Å². The Morgan fingerprint density at radius 2 is 0.694 bits per heavy atom. The van der Waals surface area contributed by atoms with E-state index < -0.39 is 61.5 Å². The van der Waals surface area contributed by atoms with Gasteiger partial charge in [-0.05, 0) is 12.8 Å². The van der Waals surface area contributed by atoms with Crippen molar-refractivity contribution in [1.29, 1.82) is 0 Å². The first-order chi connectivity index (χ1) is 35.3. The van der Waals surface area contributed by atoms with Crippen LogP contribution in [-0.4, -0.2) is 98.7 Å². The maximum atomic E-state index is 13.2. The molecule has 0 saturated carbocycles. The van der Waals surface area contributed by atoms with Crippen molar-refractivity contribution in [2.24, 2.45) is 0 Å². The molecule has 1 heterocycles. The quantitative estimate of drug-likeness (QED) is 0.0293. The molecule has 0 radical (unpaired) electrons. The fourth-order valence-corrected chi connectivity index (χ4v) is 10.7. The highest BCUT2D eigenvalue weighted by molar-refractivity contribution is 5.80. The third-order valence-electron chi connectivity index (χ3n) is 15.8. The highest BCUT2D eigenvalue weighted by Crippen LogP contribution is 2.24. The van der Waals surface area contributed by atoms with E-state index in [4.69, 9.17) is 9.47 Å². The van der Waals surface area contributed by atoms with Crippen LogP contribution in [0.25, 0.3) is 0 Å². The van der Waals surface area contributed by atoms with E-state index in [2.05, 4.69) is 19.2 Å². The number of ether oxygens (including phenoxy) is 2. The molecule has 0 aromatic rings. The maximum Gasteiger partial charge on any atom is 0.249 e. The molecule has 8 unspecified atom stereocenters. The van der Waals surface area contributed by atoms with Gasteiger partial charge in [-0.2, -0.15) is 0 Å². The summed E-state index contributed by atoms with van der Waals surface area (Å²) in [5, 5.41) is 65.3. The number of amides is 1. The summed E-state index contributed by atoms with van der Waals surface area (Å²) in [6.45, 7) is 3.72. The molecular weight excluding hydrogens is 903 g/mol. The van der Waals surface area contributed by atoms with Crippen molar-refractivity contribution in [1.82, 2.24) is 5.32 Å². The molecule has 72 heavy (non-hydrogen) atoms. The van der Waals surface area contributed by atoms with Crippen LogP contribution < -0.4 is 5.32 Å². The van der Waals surface area contributed by atoms with Gasteiger partial charge in [-0.25, -0.2) is 0 Å². The minimum absolute atomic E-state index is 0.249. The van der Waals surface area contributed by atoms with Crippen molar-refractivity contribution in [3.05, 3.63) is 0 Å². The second-order valence-corrected chi connectivity index (χ2v) is 22.7. The minimum atomic E-state index is -1.59. The zero-order valence-corrected chi connectivity index (χ0v) is 47.6. The van der Waals surface area contributed by atoms with Crippen molar-refractivity contribution in [3.8, 4) is 0 Å². The summed E-state index contributed by atoms with van der Waals surface area (Å²) in [7, 11) is 0. The zero-order chi connectivity index (χ0) is 52.4. The van der Waals surface area contributed by atoms with Crippen LogP contribution in [0.3, 0.4) is 0 Å². The molecule has 1 amide bonds. The predicted octanol–water partition coefficient (Wildman–Crippen LogP) is 15.2. The Hall–Kier alpha value is -0.850. The van der Waals surface area contributed by atoms with E-state index in [1.807, 2.05) is 0 Å². The topological polar surface area (TPSA) is 169 Å². The number of hydrogen-bond donors (Lipinski definition) is 7. The smallest absolute Gasteiger partial charge is 0.249 e. The number of hydrogen-bond acceptors (Lipinski definition) is 9. The lowest BCUT2D eigenvalue weighted by molar-refractivity contribution is -0.302. The second kappa shape index (κ2) is 52.2. The molecule has 0 spiro atoms. The summed E-state index contributed by atoms with van der Waals surface area (Å²) >= 11 is 0. The molecule has 8 atom stereocenters. The van der Waals surface area contributed by atoms with Crippen LogP contribution in [-0.2, 0) is 14.3 Å². The summed E-state index contributed by atoms with van der Waals surface area (Å²) in [6, 6.07) is -0.889. The first kappa shape index (κ1) is 69.2. The van der Waals surface area contributed by atoms with E-state index in [1.165, 1.54) is 263 Å². The molecule has 10 nitrogen and oxygen atoms in total. The molecule has 1 rings (SSSR count). The van der Waals surface area contributed by atoms with Gasteiger partial charge in [-0.1, -0.05) is 316 Å². The number of carbonyl (C=O) groups excluding carboxylic acids is 1. The fourth-order valence-electron chi connectivity index (χ4n) is 10.7. The molecule has 0 aliphatic carbocycles. The minimum Gasteiger partial charge on any atom is -0.394 e. The van der Waals surface area contributed by atoms with Gasteiger partial charge in [0.1, 0.15) is 30.5 Å². The van der Waals surface area contributed by atoms with Gasteiger partial charge in [0.2, 0.25) is 5.91 Å². The van der Waals surface area contributed by atoms with Gasteiger partial charge in [0.25, 0.3) is 0 Å². The molecule has 0 aromatic heterocycles. The van der Waals surface area contributed by atoms with E-state index in [0.717, 1.165) is 38.5 Å². The van der Waals surface area contributed by atoms with E-state index in [0.29, 0.717) is 12.8 Å². The lowest BCUT2D eigenvalue weighted by Crippen LogP contribution is -2.60. The van der Waals surface area contributed by atoms with E-state index in [9.17, 15) is 35.4 Å². The van der Waals surface area contributed by atoms with Crippen LogP contribution >= 0.6 is 0 Å². The van der Waals surface area contributed by atoms with Gasteiger partial charge < -0.3 is 45.4 Å². The molecule has 1 fully saturated rings. The lowest BCUT2D eigenvalue weighted by Gasteiger charge is -2.40. The normalized spacial score (nSPS) is 19.5. The molecule has 10 heteroatoms. The van der Waals surface area contributed by atoms with E-state index in [1.54, 1.807) is 0 Å². The van der Waals surface area contributed by atoms with Crippen LogP contribution in [0.15, 0.2) is 0 Å². The molecule has 0 bridgehead atoms. The molecular formula is C62H123NO9. The van der Waals surface area contributed by atoms with Crippen molar-refractivity contribution in [3.63, 3.8) is 0 Å². The van der Waals surface area contributed by atoms with Crippen molar-refractivity contribution >= 4 is 5.91 Å². The van der Waals surface area contributed by atoms with Crippen molar-refractivity contribution in [2.75, 3.05) is 13.2 Å². The van der Waals surface area contributed by atoms with Crippen LogP contribution in [0.4, 0.5) is 0 Å². The largest absolute Gasteiger partial charge is 0.394 e. The second-order valence-electron chi connectivity index (χ2n) is 22.7. The zero-order valence-electron chi connectivity index (χ0n) is 47.6. The first-order valence-corrected chi connectivity index (χ1v) is 31.8. The van der Waals surface area contributed by atoms with Crippen molar-refractivity contribution < 1.29 is 44.9 Å². The molecule has 1 aliphatic rings. The number of nitrogens with one attached hydrogen (secondary N) is 1.